The van der Waals surface area contributed by atoms with E-state index in [0.717, 1.165) is 6.07 Å². The molecule has 4 rings (SSSR count). The van der Waals surface area contributed by atoms with Crippen molar-refractivity contribution in [3.05, 3.63) is 83.4 Å². The molecule has 0 spiro atoms. The van der Waals surface area contributed by atoms with Crippen molar-refractivity contribution in [3.8, 4) is 17.6 Å². The molecule has 2 heterocycles. The van der Waals surface area contributed by atoms with Crippen molar-refractivity contribution in [1.82, 2.24) is 4.72 Å². The summed E-state index contributed by atoms with van der Waals surface area (Å²) in [5.74, 6) is -6.51. The minimum absolute atomic E-state index is 0.149. The first-order chi connectivity index (χ1) is 19.6. The Morgan fingerprint density at radius 3 is 2.40 bits per heavy atom. The molecule has 0 amide bonds. The predicted molar refractivity (Wildman–Crippen MR) is 136 cm³/mol. The number of benzene rings is 2. The second-order valence-electron chi connectivity index (χ2n) is 8.39. The molecule has 4 aromatic rings. The zero-order valence-electron chi connectivity index (χ0n) is 20.7. The summed E-state index contributed by atoms with van der Waals surface area (Å²) in [5.41, 5.74) is -2.24. The second kappa shape index (κ2) is 11.9. The summed E-state index contributed by atoms with van der Waals surface area (Å²) >= 11 is 0.176. The highest BCUT2D eigenvalue weighted by atomic mass is 32.2. The molecule has 9 nitrogen and oxygen atoms in total. The Hall–Kier alpha value is -3.68. The van der Waals surface area contributed by atoms with Gasteiger partial charge in [-0.2, -0.15) is 27.5 Å². The van der Waals surface area contributed by atoms with Crippen molar-refractivity contribution in [1.29, 1.82) is 5.26 Å². The number of rotatable bonds is 10. The van der Waals surface area contributed by atoms with Gasteiger partial charge in [-0.3, -0.25) is 0 Å². The summed E-state index contributed by atoms with van der Waals surface area (Å²) in [6.45, 7) is -0.113. The van der Waals surface area contributed by atoms with Gasteiger partial charge in [-0.25, -0.2) is 26.3 Å². The lowest BCUT2D eigenvalue weighted by Gasteiger charge is -2.16. The minimum Gasteiger partial charge on any atom is -0.481 e. The molecule has 1 unspecified atom stereocenters. The Bertz CT molecular complexity index is 1850. The van der Waals surface area contributed by atoms with Gasteiger partial charge in [0.25, 0.3) is 10.0 Å². The third-order valence-electron chi connectivity index (χ3n) is 5.49. The molecule has 2 aromatic heterocycles. The first-order valence-corrected chi connectivity index (χ1v) is 15.5. The largest absolute Gasteiger partial charge is 0.481 e. The Morgan fingerprint density at radius 1 is 1.07 bits per heavy atom. The molecule has 0 aliphatic rings. The van der Waals surface area contributed by atoms with Crippen LogP contribution in [0.2, 0.25) is 0 Å². The van der Waals surface area contributed by atoms with Crippen molar-refractivity contribution >= 4 is 39.0 Å². The molecule has 0 fully saturated rings. The van der Waals surface area contributed by atoms with E-state index in [0.29, 0.717) is 18.2 Å². The molecule has 0 saturated heterocycles. The van der Waals surface area contributed by atoms with Gasteiger partial charge in [0.05, 0.1) is 21.9 Å². The van der Waals surface area contributed by atoms with Crippen molar-refractivity contribution in [2.45, 2.75) is 16.9 Å². The number of ether oxygens (including phenoxy) is 1. The van der Waals surface area contributed by atoms with Gasteiger partial charge in [0.2, 0.25) is 5.82 Å². The highest BCUT2D eigenvalue weighted by Crippen LogP contribution is 2.44. The zero-order chi connectivity index (χ0) is 30.9. The van der Waals surface area contributed by atoms with E-state index in [1.807, 2.05) is 0 Å². The number of fused-ring (bicyclic) bond motifs is 1. The van der Waals surface area contributed by atoms with E-state index in [-0.39, 0.29) is 24.5 Å². The summed E-state index contributed by atoms with van der Waals surface area (Å²) in [6.07, 6.45) is -3.05. The molecule has 222 valence electrons. The molecule has 2 aromatic carbocycles. The fraction of sp³-hybridized carbons (Fsp3) is 0.167. The summed E-state index contributed by atoms with van der Waals surface area (Å²) in [5, 5.41) is 8.10. The van der Waals surface area contributed by atoms with Gasteiger partial charge in [0, 0.05) is 17.5 Å². The summed E-state index contributed by atoms with van der Waals surface area (Å²) < 4.78 is 133. The van der Waals surface area contributed by atoms with Crippen LogP contribution in [0.1, 0.15) is 11.1 Å². The lowest BCUT2D eigenvalue weighted by atomic mass is 10.1. The monoisotopic (exact) mass is 652 g/mol. The van der Waals surface area contributed by atoms with Gasteiger partial charge >= 0.3 is 13.8 Å². The third kappa shape index (κ3) is 6.85. The van der Waals surface area contributed by atoms with Gasteiger partial charge in [0.1, 0.15) is 22.9 Å². The van der Waals surface area contributed by atoms with Crippen LogP contribution in [0.15, 0.2) is 59.1 Å². The molecule has 1 atom stereocenters. The quantitative estimate of drug-likeness (QED) is 0.106. The molecule has 42 heavy (non-hydrogen) atoms. The number of halogens is 6. The fourth-order valence-corrected chi connectivity index (χ4v) is 7.49. The van der Waals surface area contributed by atoms with E-state index in [9.17, 15) is 39.8 Å². The van der Waals surface area contributed by atoms with Crippen LogP contribution < -0.4 is 18.5 Å². The number of pyridine rings is 1. The van der Waals surface area contributed by atoms with Crippen LogP contribution in [0.25, 0.3) is 10.1 Å². The molecule has 0 aliphatic heterocycles. The average Bonchev–Trinajstić information content (AvgIpc) is 3.40. The highest BCUT2D eigenvalue weighted by Gasteiger charge is 2.35. The number of sulfonamides is 1. The lowest BCUT2D eigenvalue weighted by molar-refractivity contribution is -0.697. The molecule has 0 saturated carbocycles. The number of nitrogens with zero attached hydrogens (tertiary/aromatic N) is 2. The Morgan fingerprint density at radius 2 is 1.76 bits per heavy atom. The molecule has 18 heteroatoms. The minimum atomic E-state index is -5.00. The van der Waals surface area contributed by atoms with E-state index < -0.39 is 84.5 Å². The lowest BCUT2D eigenvalue weighted by Crippen LogP contribution is -2.35. The van der Waals surface area contributed by atoms with Gasteiger partial charge in [-0.15, -0.1) is 11.3 Å². The van der Waals surface area contributed by atoms with E-state index in [1.54, 1.807) is 39.9 Å². The molecular weight excluding hydrogens is 635 g/mol. The fourth-order valence-electron chi connectivity index (χ4n) is 3.55. The number of thiophene rings is 1. The van der Waals surface area contributed by atoms with Crippen molar-refractivity contribution in [2.75, 3.05) is 12.9 Å². The molecule has 0 aliphatic carbocycles. The summed E-state index contributed by atoms with van der Waals surface area (Å²) in [7, 11) is -9.77. The standard InChI is InChI=1S/C24H16F6N3O6PS2/c25-19-16-11-18(41-23(16)21(27)22(20(19)26)38-9-8-33-6-2-1-3-7-33)42(36,37)32-13-40(34,35)39-15-5-4-14(12-31)17(10-15)24(28,29)30/h1-7,10-11,32H,8-9,13H2/p+1. The van der Waals surface area contributed by atoms with Crippen LogP contribution in [-0.2, 0) is 27.3 Å². The Balaban J connectivity index is 1.52. The number of hydrogen-bond acceptors (Lipinski definition) is 7. The number of aromatic nitrogens is 1. The van der Waals surface area contributed by atoms with E-state index in [2.05, 4.69) is 4.52 Å². The predicted octanol–water partition coefficient (Wildman–Crippen LogP) is 5.08. The van der Waals surface area contributed by atoms with Crippen LogP contribution in [-0.4, -0.2) is 26.2 Å². The first kappa shape index (κ1) is 31.3. The molecule has 2 N–H and O–H groups in total. The normalized spacial score (nSPS) is 13.5. The number of hydrogen-bond donors (Lipinski definition) is 2. The Labute approximate surface area is 237 Å². The first-order valence-electron chi connectivity index (χ1n) is 11.4. The van der Waals surface area contributed by atoms with Crippen molar-refractivity contribution < 1.29 is 58.0 Å². The molecule has 0 radical (unpaired) electrons. The van der Waals surface area contributed by atoms with Gasteiger partial charge in [-0.05, 0) is 24.3 Å². The topological polar surface area (TPSA) is 130 Å². The van der Waals surface area contributed by atoms with Crippen LogP contribution in [0, 0.1) is 28.8 Å². The maximum absolute atomic E-state index is 15.1. The van der Waals surface area contributed by atoms with Gasteiger partial charge in [-0.1, -0.05) is 6.07 Å². The molecule has 0 bridgehead atoms. The van der Waals surface area contributed by atoms with Crippen LogP contribution in [0.3, 0.4) is 0 Å². The van der Waals surface area contributed by atoms with Crippen LogP contribution in [0.4, 0.5) is 26.3 Å². The number of alkyl halides is 3. The van der Waals surface area contributed by atoms with Gasteiger partial charge in [0.15, 0.2) is 36.3 Å². The van der Waals surface area contributed by atoms with Crippen molar-refractivity contribution in [3.63, 3.8) is 0 Å². The SMILES string of the molecule is N#Cc1ccc(OP(=O)(O)CNS(=O)(=O)c2cc3c(F)c(F)c(OCC[n+]4ccccc4)c(F)c3s2)cc1C(F)(F)F. The Kier molecular flexibility index (Phi) is 8.86. The second-order valence-corrected chi connectivity index (χ2v) is 13.2. The van der Waals surface area contributed by atoms with Crippen LogP contribution in [0.5, 0.6) is 11.5 Å². The molecular formula is C24H17F6N3O6PS2+. The highest BCUT2D eigenvalue weighted by molar-refractivity contribution is 7.92. The zero-order valence-corrected chi connectivity index (χ0v) is 23.3. The van der Waals surface area contributed by atoms with E-state index >= 15 is 4.39 Å². The maximum Gasteiger partial charge on any atom is 0.417 e. The van der Waals surface area contributed by atoms with Crippen molar-refractivity contribution in [2.24, 2.45) is 0 Å². The van der Waals surface area contributed by atoms with Gasteiger partial charge < -0.3 is 14.2 Å². The maximum atomic E-state index is 15.1. The number of nitrogens with one attached hydrogen (secondary N) is 1. The van der Waals surface area contributed by atoms with E-state index in [1.165, 1.54) is 6.07 Å². The summed E-state index contributed by atoms with van der Waals surface area (Å²) in [4.78, 5) is 10.0. The number of nitriles is 1. The summed E-state index contributed by atoms with van der Waals surface area (Å²) in [6, 6.07) is 8.85. The average molecular weight is 653 g/mol. The van der Waals surface area contributed by atoms with Crippen LogP contribution >= 0.6 is 18.9 Å². The van der Waals surface area contributed by atoms with E-state index in [4.69, 9.17) is 10.00 Å². The smallest absolute Gasteiger partial charge is 0.417 e. The third-order valence-corrected chi connectivity index (χ3v) is 9.76.